The first-order valence-electron chi connectivity index (χ1n) is 3.95. The molecule has 0 aliphatic heterocycles. The second-order valence-electron chi connectivity index (χ2n) is 2.41. The molecule has 1 rings (SSSR count). The molecule has 1 heterocycles. The molecule has 6 heteroatoms. The molecule has 0 bridgehead atoms. The number of nitrogens with zero attached hydrogens (tertiary/aromatic N) is 3. The number of rotatable bonds is 3. The highest BCUT2D eigenvalue weighted by Gasteiger charge is 2.09. The molecule has 0 spiro atoms. The molecule has 0 atom stereocenters. The molecule has 0 radical (unpaired) electrons. The lowest BCUT2D eigenvalue weighted by atomic mass is 10.3. The van der Waals surface area contributed by atoms with E-state index in [0.29, 0.717) is 17.3 Å². The molecule has 0 unspecified atom stereocenters. The smallest absolute Gasteiger partial charge is 0.185 e. The quantitative estimate of drug-likeness (QED) is 0.600. The van der Waals surface area contributed by atoms with E-state index in [-0.39, 0.29) is 5.69 Å². The summed E-state index contributed by atoms with van der Waals surface area (Å²) in [6.07, 6.45) is 1.08. The average molecular weight is 190 g/mol. The molecule has 1 aromatic rings. The minimum atomic E-state index is 0.211. The van der Waals surface area contributed by atoms with Gasteiger partial charge in [0.2, 0.25) is 0 Å². The summed E-state index contributed by atoms with van der Waals surface area (Å²) in [4.78, 5) is 8.05. The van der Waals surface area contributed by atoms with Crippen molar-refractivity contribution in [2.24, 2.45) is 0 Å². The topological polar surface area (TPSA) is 97.5 Å². The zero-order chi connectivity index (χ0) is 10.6. The Kier molecular flexibility index (Phi) is 2.97. The largest absolute Gasteiger partial charge is 0.371 e. The van der Waals surface area contributed by atoms with E-state index in [4.69, 9.17) is 10.7 Å². The zero-order valence-corrected chi connectivity index (χ0v) is 7.92. The molecular formula is C8H10N6. The highest BCUT2D eigenvalue weighted by molar-refractivity contribution is 5.82. The van der Waals surface area contributed by atoms with E-state index in [9.17, 15) is 0 Å². The van der Waals surface area contributed by atoms with Gasteiger partial charge in [0.25, 0.3) is 0 Å². The van der Waals surface area contributed by atoms with Gasteiger partial charge in [0.15, 0.2) is 17.3 Å². The van der Waals surface area contributed by atoms with Crippen molar-refractivity contribution >= 4 is 17.9 Å². The third-order valence-corrected chi connectivity index (χ3v) is 1.64. The van der Waals surface area contributed by atoms with Gasteiger partial charge in [0, 0.05) is 20.3 Å². The molecular weight excluding hydrogens is 180 g/mol. The van der Waals surface area contributed by atoms with Crippen LogP contribution in [0.4, 0.5) is 11.6 Å². The zero-order valence-electron chi connectivity index (χ0n) is 7.92. The van der Waals surface area contributed by atoms with E-state index in [1.54, 1.807) is 14.1 Å². The van der Waals surface area contributed by atoms with Crippen LogP contribution in [0, 0.1) is 16.7 Å². The average Bonchev–Trinajstić information content (AvgIpc) is 2.26. The van der Waals surface area contributed by atoms with Crippen molar-refractivity contribution in [1.29, 1.82) is 10.7 Å². The number of nitrogens with one attached hydrogen (secondary N) is 3. The summed E-state index contributed by atoms with van der Waals surface area (Å²) >= 11 is 0. The van der Waals surface area contributed by atoms with E-state index in [1.165, 1.54) is 0 Å². The van der Waals surface area contributed by atoms with E-state index < -0.39 is 0 Å². The van der Waals surface area contributed by atoms with Crippen LogP contribution in [0.2, 0.25) is 0 Å². The van der Waals surface area contributed by atoms with Crippen LogP contribution >= 0.6 is 0 Å². The van der Waals surface area contributed by atoms with Crippen molar-refractivity contribution in [1.82, 2.24) is 9.97 Å². The Labute approximate surface area is 81.5 Å². The lowest BCUT2D eigenvalue weighted by Crippen LogP contribution is -2.07. The number of aromatic nitrogens is 2. The maximum atomic E-state index is 8.76. The lowest BCUT2D eigenvalue weighted by Gasteiger charge is -2.06. The Hall–Kier alpha value is -2.16. The Morgan fingerprint density at radius 3 is 2.36 bits per heavy atom. The molecule has 0 aromatic carbocycles. The maximum Gasteiger partial charge on any atom is 0.185 e. The number of hydrogen-bond acceptors (Lipinski definition) is 6. The third-order valence-electron chi connectivity index (χ3n) is 1.64. The molecule has 0 aliphatic carbocycles. The molecule has 3 N–H and O–H groups in total. The molecule has 0 amide bonds. The first-order chi connectivity index (χ1) is 6.76. The van der Waals surface area contributed by atoms with Gasteiger partial charge in [-0.3, -0.25) is 0 Å². The molecule has 0 saturated heterocycles. The number of hydrogen-bond donors (Lipinski definition) is 3. The molecule has 14 heavy (non-hydrogen) atoms. The summed E-state index contributed by atoms with van der Waals surface area (Å²) in [7, 11) is 3.31. The fourth-order valence-electron chi connectivity index (χ4n) is 0.985. The molecule has 72 valence electrons. The number of nitriles is 1. The molecule has 0 fully saturated rings. The van der Waals surface area contributed by atoms with Gasteiger partial charge in [-0.1, -0.05) is 0 Å². The second kappa shape index (κ2) is 4.18. The van der Waals surface area contributed by atoms with Crippen molar-refractivity contribution in [2.75, 3.05) is 24.7 Å². The van der Waals surface area contributed by atoms with Crippen molar-refractivity contribution in [3.8, 4) is 6.07 Å². The lowest BCUT2D eigenvalue weighted by molar-refractivity contribution is 1.13. The standard InChI is InChI=1S/C8H10N6/c1-11-7-5(3-9)14-8(12-2)6(4-10)13-7/h3,9H,1-2H3,(H,11,13)(H,12,14). The summed E-state index contributed by atoms with van der Waals surface area (Å²) in [6.45, 7) is 0. The Morgan fingerprint density at radius 2 is 1.93 bits per heavy atom. The van der Waals surface area contributed by atoms with Crippen LogP contribution in [-0.2, 0) is 0 Å². The second-order valence-corrected chi connectivity index (χ2v) is 2.41. The van der Waals surface area contributed by atoms with E-state index in [2.05, 4.69) is 20.6 Å². The summed E-state index contributed by atoms with van der Waals surface area (Å²) in [5.41, 5.74) is 0.610. The van der Waals surface area contributed by atoms with Crippen molar-refractivity contribution in [3.63, 3.8) is 0 Å². The van der Waals surface area contributed by atoms with Crippen molar-refractivity contribution < 1.29 is 0 Å². The molecule has 1 aromatic heterocycles. The van der Waals surface area contributed by atoms with Gasteiger partial charge in [-0.05, 0) is 0 Å². The molecule has 0 saturated carbocycles. The van der Waals surface area contributed by atoms with Crippen LogP contribution < -0.4 is 10.6 Å². The number of anilines is 2. The van der Waals surface area contributed by atoms with E-state index >= 15 is 0 Å². The van der Waals surface area contributed by atoms with Gasteiger partial charge in [0.1, 0.15) is 11.8 Å². The first-order valence-corrected chi connectivity index (χ1v) is 3.95. The fourth-order valence-corrected chi connectivity index (χ4v) is 0.985. The van der Waals surface area contributed by atoms with E-state index in [0.717, 1.165) is 6.21 Å². The normalized spacial score (nSPS) is 8.93. The predicted octanol–water partition coefficient (Wildman–Crippen LogP) is 0.429. The van der Waals surface area contributed by atoms with Gasteiger partial charge >= 0.3 is 0 Å². The minimum Gasteiger partial charge on any atom is -0.371 e. The Bertz CT molecular complexity index is 392. The van der Waals surface area contributed by atoms with Crippen LogP contribution in [0.15, 0.2) is 0 Å². The summed E-state index contributed by atoms with van der Waals surface area (Å²) in [5.74, 6) is 0.806. The van der Waals surface area contributed by atoms with Crippen LogP contribution in [0.1, 0.15) is 11.4 Å². The van der Waals surface area contributed by atoms with Crippen molar-refractivity contribution in [2.45, 2.75) is 0 Å². The summed E-state index contributed by atoms with van der Waals surface area (Å²) in [5, 5.41) is 21.4. The fraction of sp³-hybridized carbons (Fsp3) is 0.250. The highest BCUT2D eigenvalue weighted by Crippen LogP contribution is 2.14. The molecule has 0 aliphatic rings. The predicted molar refractivity (Wildman–Crippen MR) is 53.7 cm³/mol. The summed E-state index contributed by atoms with van der Waals surface area (Å²) < 4.78 is 0. The Balaban J connectivity index is 3.37. The SMILES string of the molecule is CNc1nc(C=N)c(NC)nc1C#N. The van der Waals surface area contributed by atoms with Crippen molar-refractivity contribution in [3.05, 3.63) is 11.4 Å². The van der Waals surface area contributed by atoms with Gasteiger partial charge in [0.05, 0.1) is 0 Å². The monoisotopic (exact) mass is 190 g/mol. The minimum absolute atomic E-state index is 0.211. The third kappa shape index (κ3) is 1.61. The van der Waals surface area contributed by atoms with Gasteiger partial charge in [-0.2, -0.15) is 5.26 Å². The Morgan fingerprint density at radius 1 is 1.29 bits per heavy atom. The van der Waals surface area contributed by atoms with Gasteiger partial charge in [-0.15, -0.1) is 0 Å². The summed E-state index contributed by atoms with van der Waals surface area (Å²) in [6, 6.07) is 1.92. The van der Waals surface area contributed by atoms with Gasteiger partial charge < -0.3 is 16.0 Å². The maximum absolute atomic E-state index is 8.76. The van der Waals surface area contributed by atoms with E-state index in [1.807, 2.05) is 6.07 Å². The molecule has 6 nitrogen and oxygen atoms in total. The van der Waals surface area contributed by atoms with Crippen LogP contribution in [0.25, 0.3) is 0 Å². The first kappa shape index (κ1) is 9.92. The van der Waals surface area contributed by atoms with Gasteiger partial charge in [-0.25, -0.2) is 9.97 Å². The van der Waals surface area contributed by atoms with Crippen LogP contribution in [0.3, 0.4) is 0 Å². The van der Waals surface area contributed by atoms with Crippen LogP contribution in [-0.4, -0.2) is 30.3 Å². The van der Waals surface area contributed by atoms with Crippen LogP contribution in [0.5, 0.6) is 0 Å². The highest BCUT2D eigenvalue weighted by atomic mass is 15.1.